The van der Waals surface area contributed by atoms with E-state index < -0.39 is 22.9 Å². The molecule has 1 aromatic carbocycles. The third-order valence-electron chi connectivity index (χ3n) is 9.82. The quantitative estimate of drug-likeness (QED) is 0.616. The van der Waals surface area contributed by atoms with E-state index in [0.717, 1.165) is 25.3 Å². The molecule has 2 heterocycles. The molecular weight excluding hydrogens is 473 g/mol. The van der Waals surface area contributed by atoms with Gasteiger partial charge in [-0.3, -0.25) is 9.69 Å². The number of halogens is 3. The molecule has 200 valence electrons. The van der Waals surface area contributed by atoms with E-state index in [1.807, 2.05) is 11.8 Å². The number of carbonyl (C=O) groups excluding carboxylic acids is 1. The Labute approximate surface area is 210 Å². The number of rotatable bonds is 4. The highest BCUT2D eigenvalue weighted by Gasteiger charge is 2.67. The van der Waals surface area contributed by atoms with E-state index in [1.165, 1.54) is 12.1 Å². The van der Waals surface area contributed by atoms with Crippen molar-refractivity contribution in [2.75, 3.05) is 44.7 Å². The van der Waals surface area contributed by atoms with E-state index in [4.69, 9.17) is 9.47 Å². The lowest BCUT2D eigenvalue weighted by Crippen LogP contribution is -2.69. The van der Waals surface area contributed by atoms with Gasteiger partial charge in [0.15, 0.2) is 0 Å². The third-order valence-corrected chi connectivity index (χ3v) is 9.82. The van der Waals surface area contributed by atoms with Crippen molar-refractivity contribution in [3.05, 3.63) is 29.8 Å². The van der Waals surface area contributed by atoms with E-state index in [9.17, 15) is 23.1 Å². The largest absolute Gasteiger partial charge is 0.462 e. The zero-order chi connectivity index (χ0) is 25.9. The number of carbonyl (C=O) groups is 1. The predicted octanol–water partition coefficient (Wildman–Crippen LogP) is 4.11. The number of hydrogen-bond donors (Lipinski definition) is 1. The Morgan fingerprint density at radius 3 is 2.53 bits per heavy atom. The fraction of sp³-hybridized carbons (Fsp3) is 0.741. The van der Waals surface area contributed by atoms with Gasteiger partial charge in [-0.15, -0.1) is 0 Å². The van der Waals surface area contributed by atoms with E-state index in [-0.39, 0.29) is 29.3 Å². The Morgan fingerprint density at radius 1 is 1.14 bits per heavy atom. The van der Waals surface area contributed by atoms with Crippen molar-refractivity contribution in [3.8, 4) is 0 Å². The van der Waals surface area contributed by atoms with Gasteiger partial charge in [-0.25, -0.2) is 0 Å². The molecule has 0 aromatic heterocycles. The SMILES string of the molecule is CO[C@]1(C)CCC[C@]2(C)C[C@H]3OC(=O)[C@H](CN4CCN(c5cccc(C(F)(F)F)c5)CC4)[C@@H]3C[C@@]21O. The minimum atomic E-state index is -4.37. The minimum absolute atomic E-state index is 0.0790. The van der Waals surface area contributed by atoms with Crippen LogP contribution in [0.3, 0.4) is 0 Å². The Hall–Kier alpha value is -1.84. The summed E-state index contributed by atoms with van der Waals surface area (Å²) in [7, 11) is 1.66. The van der Waals surface area contributed by atoms with Crippen molar-refractivity contribution in [1.29, 1.82) is 0 Å². The van der Waals surface area contributed by atoms with E-state index in [0.29, 0.717) is 51.3 Å². The van der Waals surface area contributed by atoms with Gasteiger partial charge in [0.25, 0.3) is 0 Å². The molecule has 2 saturated heterocycles. The van der Waals surface area contributed by atoms with Gasteiger partial charge >= 0.3 is 12.1 Å². The number of nitrogens with zero attached hydrogens (tertiary/aromatic N) is 2. The van der Waals surface area contributed by atoms with Crippen molar-refractivity contribution >= 4 is 11.7 Å². The molecule has 5 rings (SSSR count). The first-order valence-corrected chi connectivity index (χ1v) is 13.0. The molecule has 1 aromatic rings. The Balaban J connectivity index is 1.26. The van der Waals surface area contributed by atoms with Gasteiger partial charge < -0.3 is 19.5 Å². The van der Waals surface area contributed by atoms with Crippen LogP contribution >= 0.6 is 0 Å². The second-order valence-corrected chi connectivity index (χ2v) is 11.7. The van der Waals surface area contributed by atoms with Gasteiger partial charge in [-0.05, 0) is 57.2 Å². The molecule has 4 fully saturated rings. The highest BCUT2D eigenvalue weighted by Crippen LogP contribution is 2.61. The summed E-state index contributed by atoms with van der Waals surface area (Å²) in [6, 6.07) is 5.44. The Morgan fingerprint density at radius 2 is 1.86 bits per heavy atom. The van der Waals surface area contributed by atoms with Crippen molar-refractivity contribution in [2.24, 2.45) is 17.3 Å². The van der Waals surface area contributed by atoms with Crippen LogP contribution in [0.4, 0.5) is 18.9 Å². The molecule has 0 bridgehead atoms. The number of alkyl halides is 3. The first-order chi connectivity index (χ1) is 16.9. The number of piperazine rings is 1. The normalized spacial score (nSPS) is 39.5. The molecule has 0 amide bonds. The predicted molar refractivity (Wildman–Crippen MR) is 129 cm³/mol. The van der Waals surface area contributed by atoms with Crippen LogP contribution in [-0.4, -0.2) is 73.1 Å². The number of aliphatic hydroxyl groups is 1. The van der Waals surface area contributed by atoms with Crippen LogP contribution in [0.25, 0.3) is 0 Å². The summed E-state index contributed by atoms with van der Waals surface area (Å²) >= 11 is 0. The van der Waals surface area contributed by atoms with Crippen molar-refractivity contribution in [2.45, 2.75) is 69.4 Å². The molecule has 9 heteroatoms. The molecular formula is C27H37F3N2O4. The maximum atomic E-state index is 13.1. The lowest BCUT2D eigenvalue weighted by atomic mass is 9.49. The lowest BCUT2D eigenvalue weighted by molar-refractivity contribution is -0.270. The van der Waals surface area contributed by atoms with E-state index >= 15 is 0 Å². The second-order valence-electron chi connectivity index (χ2n) is 11.7. The summed E-state index contributed by atoms with van der Waals surface area (Å²) in [5.41, 5.74) is -2.16. The summed E-state index contributed by atoms with van der Waals surface area (Å²) < 4.78 is 51.2. The van der Waals surface area contributed by atoms with Crippen LogP contribution in [0.2, 0.25) is 0 Å². The fourth-order valence-electron chi connectivity index (χ4n) is 7.44. The third kappa shape index (κ3) is 4.11. The van der Waals surface area contributed by atoms with Gasteiger partial charge in [-0.1, -0.05) is 13.0 Å². The summed E-state index contributed by atoms with van der Waals surface area (Å²) in [5, 5.41) is 12.1. The van der Waals surface area contributed by atoms with Gasteiger partial charge in [-0.2, -0.15) is 13.2 Å². The zero-order valence-corrected chi connectivity index (χ0v) is 21.3. The van der Waals surface area contributed by atoms with Gasteiger partial charge in [0.2, 0.25) is 0 Å². The topological polar surface area (TPSA) is 62.2 Å². The number of methoxy groups -OCH3 is 1. The van der Waals surface area contributed by atoms with Crippen LogP contribution in [0.15, 0.2) is 24.3 Å². The van der Waals surface area contributed by atoms with E-state index in [2.05, 4.69) is 11.8 Å². The molecule has 6 atom stereocenters. The number of benzene rings is 1. The Kier molecular flexibility index (Phi) is 6.36. The maximum Gasteiger partial charge on any atom is 0.416 e. The summed E-state index contributed by atoms with van der Waals surface area (Å²) in [6.07, 6.45) is -0.825. The number of ether oxygens (including phenoxy) is 2. The molecule has 2 aliphatic carbocycles. The smallest absolute Gasteiger partial charge is 0.416 e. The molecule has 0 radical (unpaired) electrons. The van der Waals surface area contributed by atoms with Crippen LogP contribution in [0.1, 0.15) is 51.5 Å². The average Bonchev–Trinajstić information content (AvgIpc) is 3.11. The van der Waals surface area contributed by atoms with Crippen LogP contribution in [-0.2, 0) is 20.4 Å². The van der Waals surface area contributed by atoms with Gasteiger partial charge in [0.1, 0.15) is 6.10 Å². The molecule has 0 spiro atoms. The Bertz CT molecular complexity index is 997. The van der Waals surface area contributed by atoms with Crippen molar-refractivity contribution < 1.29 is 32.5 Å². The molecule has 0 unspecified atom stereocenters. The highest BCUT2D eigenvalue weighted by atomic mass is 19.4. The fourth-order valence-corrected chi connectivity index (χ4v) is 7.44. The average molecular weight is 511 g/mol. The van der Waals surface area contributed by atoms with Crippen molar-refractivity contribution in [3.63, 3.8) is 0 Å². The van der Waals surface area contributed by atoms with Gasteiger partial charge in [0.05, 0.1) is 22.7 Å². The van der Waals surface area contributed by atoms with Crippen LogP contribution < -0.4 is 4.90 Å². The van der Waals surface area contributed by atoms with Crippen molar-refractivity contribution in [1.82, 2.24) is 4.90 Å². The first-order valence-electron chi connectivity index (χ1n) is 13.0. The first kappa shape index (κ1) is 25.8. The summed E-state index contributed by atoms with van der Waals surface area (Å²) in [5.74, 6) is -0.605. The van der Waals surface area contributed by atoms with Crippen LogP contribution in [0, 0.1) is 17.3 Å². The van der Waals surface area contributed by atoms with E-state index in [1.54, 1.807) is 13.2 Å². The molecule has 36 heavy (non-hydrogen) atoms. The zero-order valence-electron chi connectivity index (χ0n) is 21.3. The number of hydrogen-bond acceptors (Lipinski definition) is 6. The number of anilines is 1. The van der Waals surface area contributed by atoms with Crippen LogP contribution in [0.5, 0.6) is 0 Å². The summed E-state index contributed by atoms with van der Waals surface area (Å²) in [6.45, 7) is 7.09. The molecule has 6 nitrogen and oxygen atoms in total. The minimum Gasteiger partial charge on any atom is -0.462 e. The number of esters is 1. The molecule has 2 saturated carbocycles. The molecule has 2 aliphatic heterocycles. The van der Waals surface area contributed by atoms with Gasteiger partial charge in [0, 0.05) is 56.9 Å². The standard InChI is InChI=1S/C27H37F3N2O4/c1-24-8-5-9-25(2,35-3)26(24,34)15-20-21(23(33)36-22(20)16-24)17-31-10-12-32(13-11-31)19-7-4-6-18(14-19)27(28,29)30/h4,6-7,14,20-22,34H,5,8-13,15-17H2,1-3H3/t20-,21+,22+,24+,25+,26+/m0/s1. The lowest BCUT2D eigenvalue weighted by Gasteiger charge is -2.62. The number of fused-ring (bicyclic) bond motifs is 2. The second kappa shape index (κ2) is 8.88. The highest BCUT2D eigenvalue weighted by molar-refractivity contribution is 5.75. The monoisotopic (exact) mass is 510 g/mol. The molecule has 4 aliphatic rings. The maximum absolute atomic E-state index is 13.1. The summed E-state index contributed by atoms with van der Waals surface area (Å²) in [4.78, 5) is 17.2. The molecule has 1 N–H and O–H groups in total.